The van der Waals surface area contributed by atoms with Crippen LogP contribution in [0.2, 0.25) is 0 Å². The van der Waals surface area contributed by atoms with Gasteiger partial charge in [-0.25, -0.2) is 0 Å². The Bertz CT molecular complexity index is 246. The van der Waals surface area contributed by atoms with E-state index in [4.69, 9.17) is 5.11 Å². The maximum atomic E-state index is 11.3. The first-order valence-corrected chi connectivity index (χ1v) is 4.62. The Morgan fingerprint density at radius 1 is 1.83 bits per heavy atom. The van der Waals surface area contributed by atoms with E-state index in [9.17, 15) is 4.79 Å². The molecule has 0 aliphatic carbocycles. The molecule has 66 valence electrons. The van der Waals surface area contributed by atoms with Crippen LogP contribution in [0.15, 0.2) is 16.8 Å². The highest BCUT2D eigenvalue weighted by molar-refractivity contribution is 7.08. The van der Waals surface area contributed by atoms with Crippen molar-refractivity contribution in [3.8, 4) is 0 Å². The Kier molecular flexibility index (Phi) is 3.25. The maximum Gasteiger partial charge on any atom is 0.252 e. The molecule has 12 heavy (non-hydrogen) atoms. The third-order valence-electron chi connectivity index (χ3n) is 1.43. The second kappa shape index (κ2) is 4.23. The number of thiophene rings is 1. The van der Waals surface area contributed by atoms with E-state index in [1.807, 2.05) is 5.38 Å². The van der Waals surface area contributed by atoms with Crippen LogP contribution in [0.1, 0.15) is 17.3 Å². The molecule has 1 atom stereocenters. The molecule has 0 bridgehead atoms. The molecule has 0 fully saturated rings. The van der Waals surface area contributed by atoms with Crippen molar-refractivity contribution in [1.29, 1.82) is 0 Å². The van der Waals surface area contributed by atoms with Crippen LogP contribution in [-0.2, 0) is 0 Å². The predicted octanol–water partition coefficient (Wildman–Crippen LogP) is 0.859. The molecular weight excluding hydrogens is 174 g/mol. The van der Waals surface area contributed by atoms with E-state index in [-0.39, 0.29) is 18.6 Å². The molecule has 0 radical (unpaired) electrons. The lowest BCUT2D eigenvalue weighted by Gasteiger charge is -2.08. The molecule has 0 spiro atoms. The molecule has 1 heterocycles. The quantitative estimate of drug-likeness (QED) is 0.733. The summed E-state index contributed by atoms with van der Waals surface area (Å²) in [7, 11) is 0. The number of nitrogens with one attached hydrogen (secondary N) is 1. The minimum absolute atomic E-state index is 0.0319. The average Bonchev–Trinajstić information content (AvgIpc) is 2.56. The van der Waals surface area contributed by atoms with Crippen LogP contribution in [0.4, 0.5) is 0 Å². The topological polar surface area (TPSA) is 49.3 Å². The first-order valence-electron chi connectivity index (χ1n) is 3.68. The van der Waals surface area contributed by atoms with Crippen molar-refractivity contribution in [3.63, 3.8) is 0 Å². The molecule has 0 saturated heterocycles. The Labute approximate surface area is 75.0 Å². The second-order valence-electron chi connectivity index (χ2n) is 2.57. The number of carbonyl (C=O) groups is 1. The van der Waals surface area contributed by atoms with Gasteiger partial charge in [-0.2, -0.15) is 11.3 Å². The average molecular weight is 185 g/mol. The zero-order chi connectivity index (χ0) is 8.97. The van der Waals surface area contributed by atoms with Crippen LogP contribution in [-0.4, -0.2) is 23.7 Å². The van der Waals surface area contributed by atoms with Gasteiger partial charge in [-0.3, -0.25) is 4.79 Å². The summed E-state index contributed by atoms with van der Waals surface area (Å²) in [5.74, 6) is -0.127. The van der Waals surface area contributed by atoms with Gasteiger partial charge in [0.2, 0.25) is 0 Å². The van der Waals surface area contributed by atoms with E-state index >= 15 is 0 Å². The molecule has 0 aliphatic rings. The molecule has 0 aliphatic heterocycles. The Balaban J connectivity index is 2.50. The summed E-state index contributed by atoms with van der Waals surface area (Å²) in [6.07, 6.45) is 0. The van der Waals surface area contributed by atoms with E-state index in [1.54, 1.807) is 18.4 Å². The van der Waals surface area contributed by atoms with E-state index in [1.165, 1.54) is 11.3 Å². The molecule has 4 heteroatoms. The fourth-order valence-corrected chi connectivity index (χ4v) is 1.38. The molecule has 1 rings (SSSR count). The molecule has 1 unspecified atom stereocenters. The smallest absolute Gasteiger partial charge is 0.252 e. The van der Waals surface area contributed by atoms with Gasteiger partial charge in [0.15, 0.2) is 0 Å². The lowest BCUT2D eigenvalue weighted by Crippen LogP contribution is -2.34. The summed E-state index contributed by atoms with van der Waals surface area (Å²) in [6.45, 7) is 1.72. The number of rotatable bonds is 3. The minimum Gasteiger partial charge on any atom is -0.394 e. The first-order chi connectivity index (χ1) is 5.74. The number of hydrogen-bond donors (Lipinski definition) is 2. The maximum absolute atomic E-state index is 11.3. The van der Waals surface area contributed by atoms with Gasteiger partial charge in [0.25, 0.3) is 5.91 Å². The zero-order valence-electron chi connectivity index (χ0n) is 6.78. The zero-order valence-corrected chi connectivity index (χ0v) is 7.60. The molecular formula is C8H11NO2S. The van der Waals surface area contributed by atoms with Gasteiger partial charge in [-0.1, -0.05) is 0 Å². The van der Waals surface area contributed by atoms with E-state index in [0.29, 0.717) is 5.56 Å². The van der Waals surface area contributed by atoms with Crippen molar-refractivity contribution in [2.45, 2.75) is 13.0 Å². The van der Waals surface area contributed by atoms with Crippen molar-refractivity contribution in [1.82, 2.24) is 5.32 Å². The van der Waals surface area contributed by atoms with Crippen molar-refractivity contribution in [2.24, 2.45) is 0 Å². The van der Waals surface area contributed by atoms with Crippen LogP contribution in [0, 0.1) is 0 Å². The highest BCUT2D eigenvalue weighted by Crippen LogP contribution is 2.05. The summed E-state index contributed by atoms with van der Waals surface area (Å²) in [5, 5.41) is 14.9. The van der Waals surface area contributed by atoms with Crippen molar-refractivity contribution in [2.75, 3.05) is 6.61 Å². The lowest BCUT2D eigenvalue weighted by molar-refractivity contribution is 0.0923. The normalized spacial score (nSPS) is 12.5. The van der Waals surface area contributed by atoms with Crippen molar-refractivity contribution < 1.29 is 9.90 Å². The van der Waals surface area contributed by atoms with Crippen LogP contribution in [0.25, 0.3) is 0 Å². The van der Waals surface area contributed by atoms with Gasteiger partial charge < -0.3 is 10.4 Å². The van der Waals surface area contributed by atoms with Gasteiger partial charge in [0, 0.05) is 17.0 Å². The van der Waals surface area contributed by atoms with E-state index in [2.05, 4.69) is 5.32 Å². The van der Waals surface area contributed by atoms with Gasteiger partial charge in [-0.15, -0.1) is 0 Å². The van der Waals surface area contributed by atoms with Gasteiger partial charge >= 0.3 is 0 Å². The van der Waals surface area contributed by atoms with Crippen LogP contribution >= 0.6 is 11.3 Å². The number of amides is 1. The summed E-state index contributed by atoms with van der Waals surface area (Å²) in [5.41, 5.74) is 0.653. The lowest BCUT2D eigenvalue weighted by atomic mass is 10.3. The molecule has 1 aromatic rings. The largest absolute Gasteiger partial charge is 0.394 e. The van der Waals surface area contributed by atoms with Crippen LogP contribution in [0.5, 0.6) is 0 Å². The second-order valence-corrected chi connectivity index (χ2v) is 3.35. The number of carbonyl (C=O) groups excluding carboxylic acids is 1. The molecule has 1 aromatic heterocycles. The standard InChI is InChI=1S/C8H11NO2S/c1-6(4-10)9-8(11)7-2-3-12-5-7/h2-3,5-6,10H,4H2,1H3,(H,9,11). The number of hydrogen-bond acceptors (Lipinski definition) is 3. The third kappa shape index (κ3) is 2.32. The number of aliphatic hydroxyl groups excluding tert-OH is 1. The SMILES string of the molecule is CC(CO)NC(=O)c1ccsc1. The van der Waals surface area contributed by atoms with Gasteiger partial charge in [0.05, 0.1) is 6.61 Å². The van der Waals surface area contributed by atoms with Crippen molar-refractivity contribution in [3.05, 3.63) is 22.4 Å². The van der Waals surface area contributed by atoms with Crippen LogP contribution < -0.4 is 5.32 Å². The highest BCUT2D eigenvalue weighted by Gasteiger charge is 2.07. The Morgan fingerprint density at radius 2 is 2.58 bits per heavy atom. The fraction of sp³-hybridized carbons (Fsp3) is 0.375. The molecule has 1 amide bonds. The van der Waals surface area contributed by atoms with Gasteiger partial charge in [0.1, 0.15) is 0 Å². The molecule has 2 N–H and O–H groups in total. The summed E-state index contributed by atoms with van der Waals surface area (Å²) in [4.78, 5) is 11.3. The Morgan fingerprint density at radius 3 is 3.08 bits per heavy atom. The summed E-state index contributed by atoms with van der Waals surface area (Å²) in [6, 6.07) is 1.57. The molecule has 3 nitrogen and oxygen atoms in total. The van der Waals surface area contributed by atoms with Crippen LogP contribution in [0.3, 0.4) is 0 Å². The summed E-state index contributed by atoms with van der Waals surface area (Å²) < 4.78 is 0. The van der Waals surface area contributed by atoms with Gasteiger partial charge in [-0.05, 0) is 18.4 Å². The van der Waals surface area contributed by atoms with E-state index in [0.717, 1.165) is 0 Å². The highest BCUT2D eigenvalue weighted by atomic mass is 32.1. The summed E-state index contributed by atoms with van der Waals surface area (Å²) >= 11 is 1.48. The molecule has 0 aromatic carbocycles. The van der Waals surface area contributed by atoms with Crippen molar-refractivity contribution >= 4 is 17.2 Å². The molecule has 0 saturated carbocycles. The number of aliphatic hydroxyl groups is 1. The predicted molar refractivity (Wildman–Crippen MR) is 48.3 cm³/mol. The fourth-order valence-electron chi connectivity index (χ4n) is 0.746. The first kappa shape index (κ1) is 9.22. The minimum atomic E-state index is -0.183. The monoisotopic (exact) mass is 185 g/mol. The third-order valence-corrected chi connectivity index (χ3v) is 2.12. The Hall–Kier alpha value is -0.870. The van der Waals surface area contributed by atoms with E-state index < -0.39 is 0 Å².